The van der Waals surface area contributed by atoms with Gasteiger partial charge >= 0.3 is 0 Å². The van der Waals surface area contributed by atoms with E-state index in [2.05, 4.69) is 5.32 Å². The third kappa shape index (κ3) is 3.70. The van der Waals surface area contributed by atoms with Crippen LogP contribution in [0.1, 0.15) is 37.7 Å². The summed E-state index contributed by atoms with van der Waals surface area (Å²) < 4.78 is 0. The number of benzene rings is 1. The van der Waals surface area contributed by atoms with Crippen molar-refractivity contribution in [1.29, 1.82) is 0 Å². The molecule has 0 bridgehead atoms. The molecule has 28 heavy (non-hydrogen) atoms. The number of hydrogen-bond donors (Lipinski definition) is 2. The number of phenols is 1. The zero-order valence-corrected chi connectivity index (χ0v) is 16.0. The van der Waals surface area contributed by atoms with E-state index in [0.717, 1.165) is 31.2 Å². The van der Waals surface area contributed by atoms with Gasteiger partial charge in [0.1, 0.15) is 17.8 Å². The number of piperazine rings is 2. The summed E-state index contributed by atoms with van der Waals surface area (Å²) in [6, 6.07) is 5.45. The van der Waals surface area contributed by atoms with Crippen molar-refractivity contribution in [1.82, 2.24) is 15.1 Å². The predicted molar refractivity (Wildman–Crippen MR) is 102 cm³/mol. The quantitative estimate of drug-likeness (QED) is 0.814. The lowest BCUT2D eigenvalue weighted by molar-refractivity contribution is -0.156. The molecule has 1 aromatic carbocycles. The topological polar surface area (TPSA) is 89.9 Å². The molecule has 2 saturated heterocycles. The molecule has 4 rings (SSSR count). The third-order valence-corrected chi connectivity index (χ3v) is 6.22. The van der Waals surface area contributed by atoms with Crippen LogP contribution in [-0.2, 0) is 20.8 Å². The minimum absolute atomic E-state index is 0.0740. The summed E-state index contributed by atoms with van der Waals surface area (Å²) >= 11 is 0. The van der Waals surface area contributed by atoms with Crippen LogP contribution < -0.4 is 5.32 Å². The average Bonchev–Trinajstić information content (AvgIpc) is 2.73. The number of carbonyl (C=O) groups excluding carboxylic acids is 3. The van der Waals surface area contributed by atoms with Crippen LogP contribution in [0.4, 0.5) is 0 Å². The van der Waals surface area contributed by atoms with Gasteiger partial charge in [-0.15, -0.1) is 0 Å². The van der Waals surface area contributed by atoms with Crippen molar-refractivity contribution < 1.29 is 19.5 Å². The zero-order valence-electron chi connectivity index (χ0n) is 16.0. The molecule has 2 atom stereocenters. The third-order valence-electron chi connectivity index (χ3n) is 6.22. The molecule has 3 amide bonds. The molecule has 7 nitrogen and oxygen atoms in total. The van der Waals surface area contributed by atoms with Crippen LogP contribution >= 0.6 is 0 Å². The summed E-state index contributed by atoms with van der Waals surface area (Å²) in [6.07, 6.45) is 5.64. The summed E-state index contributed by atoms with van der Waals surface area (Å²) in [6.45, 7) is 1.19. The molecular weight excluding hydrogens is 358 g/mol. The smallest absolute Gasteiger partial charge is 0.246 e. The maximum atomic E-state index is 12.9. The lowest BCUT2D eigenvalue weighted by atomic mass is 9.88. The van der Waals surface area contributed by atoms with Crippen LogP contribution in [0.3, 0.4) is 0 Å². The average molecular weight is 385 g/mol. The Morgan fingerprint density at radius 1 is 1.07 bits per heavy atom. The van der Waals surface area contributed by atoms with Crippen molar-refractivity contribution in [3.63, 3.8) is 0 Å². The van der Waals surface area contributed by atoms with Crippen molar-refractivity contribution in [3.05, 3.63) is 29.8 Å². The summed E-state index contributed by atoms with van der Waals surface area (Å²) in [7, 11) is 0. The number of rotatable bonds is 3. The standard InChI is InChI=1S/C21H27N3O4/c25-16-8-6-14(7-9-16)12-17-21(28)24-11-10-23(13-18(24)19(26)22-17)20(27)15-4-2-1-3-5-15/h6-9,15,17-18,25H,1-5,10-13H2,(H,22,26)/t17-,18-/m0/s1. The molecule has 3 aliphatic rings. The Labute approximate surface area is 164 Å². The monoisotopic (exact) mass is 385 g/mol. The number of fused-ring (bicyclic) bond motifs is 1. The highest BCUT2D eigenvalue weighted by Gasteiger charge is 2.44. The summed E-state index contributed by atoms with van der Waals surface area (Å²) in [5.41, 5.74) is 0.876. The molecule has 3 fully saturated rings. The molecule has 0 spiro atoms. The van der Waals surface area contributed by atoms with Gasteiger partial charge in [0.15, 0.2) is 0 Å². The fourth-order valence-corrected chi connectivity index (χ4v) is 4.61. The van der Waals surface area contributed by atoms with Gasteiger partial charge in [0.05, 0.1) is 6.54 Å². The second kappa shape index (κ2) is 7.81. The lowest BCUT2D eigenvalue weighted by Crippen LogP contribution is -2.70. The first-order valence-corrected chi connectivity index (χ1v) is 10.2. The van der Waals surface area contributed by atoms with Crippen molar-refractivity contribution in [2.24, 2.45) is 5.92 Å². The normalized spacial score (nSPS) is 26.0. The van der Waals surface area contributed by atoms with Crippen molar-refractivity contribution in [2.75, 3.05) is 19.6 Å². The number of aromatic hydroxyl groups is 1. The van der Waals surface area contributed by atoms with E-state index >= 15 is 0 Å². The van der Waals surface area contributed by atoms with Crippen molar-refractivity contribution in [3.8, 4) is 5.75 Å². The Balaban J connectivity index is 1.41. The second-order valence-electron chi connectivity index (χ2n) is 8.10. The van der Waals surface area contributed by atoms with E-state index < -0.39 is 12.1 Å². The van der Waals surface area contributed by atoms with Gasteiger partial charge in [-0.1, -0.05) is 31.4 Å². The molecule has 2 N–H and O–H groups in total. The van der Waals surface area contributed by atoms with E-state index in [1.807, 2.05) is 0 Å². The van der Waals surface area contributed by atoms with Gasteiger partial charge in [0, 0.05) is 25.4 Å². The lowest BCUT2D eigenvalue weighted by Gasteiger charge is -2.46. The number of phenolic OH excluding ortho intramolecular Hbond substituents is 1. The number of nitrogens with zero attached hydrogens (tertiary/aromatic N) is 2. The SMILES string of the molecule is O=C1N[C@@H](Cc2ccc(O)cc2)C(=O)N2CCN(C(=O)C3CCCCC3)C[C@@H]12. The van der Waals surface area contributed by atoms with Gasteiger partial charge in [-0.2, -0.15) is 0 Å². The summed E-state index contributed by atoms with van der Waals surface area (Å²) in [5.74, 6) is 0.101. The fourth-order valence-electron chi connectivity index (χ4n) is 4.61. The molecule has 1 saturated carbocycles. The van der Waals surface area contributed by atoms with Crippen LogP contribution in [0.5, 0.6) is 5.75 Å². The zero-order chi connectivity index (χ0) is 19.7. The Morgan fingerprint density at radius 3 is 2.50 bits per heavy atom. The van der Waals surface area contributed by atoms with E-state index in [1.165, 1.54) is 6.42 Å². The van der Waals surface area contributed by atoms with E-state index in [9.17, 15) is 19.5 Å². The molecule has 0 unspecified atom stereocenters. The summed E-state index contributed by atoms with van der Waals surface area (Å²) in [4.78, 5) is 41.8. The number of carbonyl (C=O) groups is 3. The molecule has 7 heteroatoms. The van der Waals surface area contributed by atoms with Crippen LogP contribution in [-0.4, -0.2) is 64.3 Å². The molecule has 0 radical (unpaired) electrons. The van der Waals surface area contributed by atoms with Crippen LogP contribution in [0.25, 0.3) is 0 Å². The Bertz CT molecular complexity index is 757. The van der Waals surface area contributed by atoms with Crippen LogP contribution in [0.15, 0.2) is 24.3 Å². The molecule has 150 valence electrons. The first kappa shape index (κ1) is 18.8. The van der Waals surface area contributed by atoms with E-state index in [-0.39, 0.29) is 29.4 Å². The van der Waals surface area contributed by atoms with Gasteiger partial charge < -0.3 is 20.2 Å². The molecule has 2 aliphatic heterocycles. The fraction of sp³-hybridized carbons (Fsp3) is 0.571. The maximum Gasteiger partial charge on any atom is 0.246 e. The van der Waals surface area contributed by atoms with Gasteiger partial charge in [0.25, 0.3) is 0 Å². The molecule has 0 aromatic heterocycles. The first-order valence-electron chi connectivity index (χ1n) is 10.2. The highest BCUT2D eigenvalue weighted by atomic mass is 16.3. The van der Waals surface area contributed by atoms with Gasteiger partial charge in [-0.25, -0.2) is 0 Å². The van der Waals surface area contributed by atoms with Crippen LogP contribution in [0, 0.1) is 5.92 Å². The van der Waals surface area contributed by atoms with Gasteiger partial charge in [-0.3, -0.25) is 14.4 Å². The van der Waals surface area contributed by atoms with E-state index in [1.54, 1.807) is 34.1 Å². The van der Waals surface area contributed by atoms with Crippen molar-refractivity contribution in [2.45, 2.75) is 50.6 Å². The highest BCUT2D eigenvalue weighted by Crippen LogP contribution is 2.27. The second-order valence-corrected chi connectivity index (χ2v) is 8.10. The van der Waals surface area contributed by atoms with Gasteiger partial charge in [0.2, 0.25) is 17.7 Å². The first-order chi connectivity index (χ1) is 13.5. The van der Waals surface area contributed by atoms with Crippen LogP contribution in [0.2, 0.25) is 0 Å². The minimum Gasteiger partial charge on any atom is -0.508 e. The highest BCUT2D eigenvalue weighted by molar-refractivity contribution is 5.98. The Kier molecular flexibility index (Phi) is 5.24. The Morgan fingerprint density at radius 2 is 1.79 bits per heavy atom. The largest absolute Gasteiger partial charge is 0.508 e. The molecule has 1 aliphatic carbocycles. The van der Waals surface area contributed by atoms with E-state index in [0.29, 0.717) is 26.1 Å². The maximum absolute atomic E-state index is 12.9. The number of nitrogens with one attached hydrogen (secondary N) is 1. The number of hydrogen-bond acceptors (Lipinski definition) is 4. The van der Waals surface area contributed by atoms with E-state index in [4.69, 9.17) is 0 Å². The summed E-state index contributed by atoms with van der Waals surface area (Å²) in [5, 5.41) is 12.2. The predicted octanol–water partition coefficient (Wildman–Crippen LogP) is 1.05. The molecular formula is C21H27N3O4. The number of amides is 3. The van der Waals surface area contributed by atoms with Gasteiger partial charge in [-0.05, 0) is 30.5 Å². The Hall–Kier alpha value is -2.57. The van der Waals surface area contributed by atoms with Crippen molar-refractivity contribution >= 4 is 17.7 Å². The minimum atomic E-state index is -0.603. The molecule has 2 heterocycles. The molecule has 1 aromatic rings.